The Kier molecular flexibility index (Phi) is 9.14. The first-order valence-corrected chi connectivity index (χ1v) is 11.8. The van der Waals surface area contributed by atoms with Crippen molar-refractivity contribution in [2.24, 2.45) is 10.7 Å². The van der Waals surface area contributed by atoms with Crippen molar-refractivity contribution < 1.29 is 49.8 Å². The number of aliphatic hydroxyl groups is 1. The first-order valence-electron chi connectivity index (χ1n) is 11.0. The van der Waals surface area contributed by atoms with E-state index in [0.717, 1.165) is 12.1 Å². The van der Waals surface area contributed by atoms with Crippen molar-refractivity contribution in [2.75, 3.05) is 23.8 Å². The molecule has 0 unspecified atom stereocenters. The highest BCUT2D eigenvalue weighted by Crippen LogP contribution is 2.40. The van der Waals surface area contributed by atoms with Crippen LogP contribution in [0.5, 0.6) is 0 Å². The number of hydrogen-bond donors (Lipinski definition) is 4. The summed E-state index contributed by atoms with van der Waals surface area (Å²) in [7, 11) is 0. The number of allylic oxidation sites excluding steroid dienone is 1. The first-order chi connectivity index (χ1) is 18.6. The van der Waals surface area contributed by atoms with Crippen molar-refractivity contribution in [1.29, 1.82) is 0 Å². The summed E-state index contributed by atoms with van der Waals surface area (Å²) in [6.45, 7) is -0.209. The Bertz CT molecular complexity index is 1500. The van der Waals surface area contributed by atoms with Crippen LogP contribution < -0.4 is 16.4 Å². The lowest BCUT2D eigenvalue weighted by atomic mass is 10.1. The van der Waals surface area contributed by atoms with Crippen LogP contribution in [0, 0.1) is 5.82 Å². The van der Waals surface area contributed by atoms with Crippen LogP contribution in [0.2, 0.25) is 0 Å². The largest absolute Gasteiger partial charge is 0.419 e. The molecule has 0 spiro atoms. The highest BCUT2D eigenvalue weighted by atomic mass is 32.1. The molecule has 16 heteroatoms. The fraction of sp³-hybridized carbons (Fsp3) is 0.208. The third-order valence-electron chi connectivity index (χ3n) is 5.14. The number of fused-ring (bicyclic) bond motifs is 1. The molecule has 0 radical (unpaired) electrons. The number of nitrogens with two attached hydrogens (primary N) is 1. The molecule has 2 amide bonds. The van der Waals surface area contributed by atoms with Gasteiger partial charge >= 0.3 is 12.4 Å². The molecule has 0 aliphatic heterocycles. The molecule has 2 aromatic carbocycles. The molecule has 0 atom stereocenters. The molecule has 40 heavy (non-hydrogen) atoms. The average Bonchev–Trinajstić information content (AvgIpc) is 3.23. The van der Waals surface area contributed by atoms with Crippen molar-refractivity contribution in [1.82, 2.24) is 0 Å². The molecule has 5 N–H and O–H groups in total. The van der Waals surface area contributed by atoms with Gasteiger partial charge in [0.2, 0.25) is 0 Å². The standard InChI is InChI=1S/C24H18F8N4O3S/c25-15-5-3-12(9-14(15)24(30,31)32)35-22(39)20-19(13-4-2-11(23(27,28)29)8-17(13)40-20)36-21(38)18(33)16(26)10-34-6-1-7-37/h2-5,8-10,37H,1,6-7,33H2,(H,35,39)(H,36,38). The van der Waals surface area contributed by atoms with Crippen LogP contribution in [0.4, 0.5) is 46.5 Å². The molecule has 3 rings (SSSR count). The Morgan fingerprint density at radius 3 is 2.35 bits per heavy atom. The van der Waals surface area contributed by atoms with E-state index in [9.17, 15) is 44.7 Å². The van der Waals surface area contributed by atoms with Gasteiger partial charge in [0.05, 0.1) is 23.0 Å². The van der Waals surface area contributed by atoms with E-state index in [-0.39, 0.29) is 29.7 Å². The number of alkyl halides is 6. The number of amides is 2. The summed E-state index contributed by atoms with van der Waals surface area (Å²) >= 11 is 0.452. The van der Waals surface area contributed by atoms with Gasteiger partial charge in [-0.2, -0.15) is 26.3 Å². The van der Waals surface area contributed by atoms with Gasteiger partial charge in [0.25, 0.3) is 11.8 Å². The zero-order valence-electron chi connectivity index (χ0n) is 19.9. The molecule has 7 nitrogen and oxygen atoms in total. The van der Waals surface area contributed by atoms with Crippen molar-refractivity contribution in [3.8, 4) is 0 Å². The van der Waals surface area contributed by atoms with E-state index in [1.54, 1.807) is 0 Å². The number of aliphatic hydroxyl groups excluding tert-OH is 1. The first kappa shape index (κ1) is 30.5. The van der Waals surface area contributed by atoms with Gasteiger partial charge in [-0.15, -0.1) is 11.3 Å². The van der Waals surface area contributed by atoms with Crippen molar-refractivity contribution >= 4 is 50.8 Å². The van der Waals surface area contributed by atoms with Crippen LogP contribution in [0.1, 0.15) is 27.2 Å². The third-order valence-corrected chi connectivity index (χ3v) is 6.29. The Morgan fingerprint density at radius 1 is 1.02 bits per heavy atom. The topological polar surface area (TPSA) is 117 Å². The number of carbonyl (C=O) groups excluding carboxylic acids is 2. The van der Waals surface area contributed by atoms with Crippen LogP contribution in [-0.4, -0.2) is 36.3 Å². The van der Waals surface area contributed by atoms with Crippen molar-refractivity contribution in [2.45, 2.75) is 18.8 Å². The monoisotopic (exact) mass is 594 g/mol. The number of aliphatic imine (C=N–C) groups is 1. The number of nitrogens with one attached hydrogen (secondary N) is 2. The van der Waals surface area contributed by atoms with E-state index in [4.69, 9.17) is 10.8 Å². The summed E-state index contributed by atoms with van der Waals surface area (Å²) in [5, 5.41) is 12.9. The van der Waals surface area contributed by atoms with Gasteiger partial charge in [0, 0.05) is 28.9 Å². The molecule has 0 saturated carbocycles. The maximum absolute atomic E-state index is 14.3. The lowest BCUT2D eigenvalue weighted by Crippen LogP contribution is -2.23. The molecule has 1 aromatic heterocycles. The van der Waals surface area contributed by atoms with Gasteiger partial charge in [-0.25, -0.2) is 8.78 Å². The molecular weight excluding hydrogens is 576 g/mol. The second-order valence-corrected chi connectivity index (χ2v) is 9.04. The maximum Gasteiger partial charge on any atom is 0.419 e. The van der Waals surface area contributed by atoms with Gasteiger partial charge < -0.3 is 21.5 Å². The zero-order valence-corrected chi connectivity index (χ0v) is 20.7. The smallest absolute Gasteiger partial charge is 0.396 e. The van der Waals surface area contributed by atoms with Gasteiger partial charge in [-0.3, -0.25) is 14.6 Å². The molecule has 0 aliphatic carbocycles. The minimum atomic E-state index is -5.09. The van der Waals surface area contributed by atoms with Gasteiger partial charge in [0.15, 0.2) is 5.83 Å². The minimum absolute atomic E-state index is 0.0132. The lowest BCUT2D eigenvalue weighted by molar-refractivity contribution is -0.140. The number of hydrogen-bond acceptors (Lipinski definition) is 6. The van der Waals surface area contributed by atoms with Crippen molar-refractivity contribution in [3.63, 3.8) is 0 Å². The Hall–Kier alpha value is -4.05. The molecule has 0 fully saturated rings. The van der Waals surface area contributed by atoms with E-state index in [1.165, 1.54) is 0 Å². The summed E-state index contributed by atoms with van der Waals surface area (Å²) in [6.07, 6.45) is -9.04. The number of rotatable bonds is 8. The second kappa shape index (κ2) is 12.0. The van der Waals surface area contributed by atoms with Crippen LogP contribution in [-0.2, 0) is 17.1 Å². The third kappa shape index (κ3) is 7.12. The summed E-state index contributed by atoms with van der Waals surface area (Å²) in [4.78, 5) is 28.8. The number of halogens is 8. The van der Waals surface area contributed by atoms with E-state index in [2.05, 4.69) is 15.6 Å². The number of nitrogens with zero attached hydrogens (tertiary/aromatic N) is 1. The molecule has 0 aliphatic rings. The highest BCUT2D eigenvalue weighted by molar-refractivity contribution is 7.21. The van der Waals surface area contributed by atoms with Gasteiger partial charge in [-0.05, 0) is 36.8 Å². The van der Waals surface area contributed by atoms with Crippen LogP contribution in [0.15, 0.2) is 52.9 Å². The summed E-state index contributed by atoms with van der Waals surface area (Å²) in [5.74, 6) is -5.37. The Morgan fingerprint density at radius 2 is 1.73 bits per heavy atom. The highest BCUT2D eigenvalue weighted by Gasteiger charge is 2.35. The van der Waals surface area contributed by atoms with E-state index < -0.39 is 68.9 Å². The predicted molar refractivity (Wildman–Crippen MR) is 132 cm³/mol. The van der Waals surface area contributed by atoms with E-state index >= 15 is 0 Å². The fourth-order valence-corrected chi connectivity index (χ4v) is 4.32. The fourth-order valence-electron chi connectivity index (χ4n) is 3.23. The lowest BCUT2D eigenvalue weighted by Gasteiger charge is -2.12. The van der Waals surface area contributed by atoms with Gasteiger partial charge in [0.1, 0.15) is 16.4 Å². The minimum Gasteiger partial charge on any atom is -0.396 e. The average molecular weight is 594 g/mol. The quantitative estimate of drug-likeness (QED) is 0.113. The zero-order chi connectivity index (χ0) is 29.8. The van der Waals surface area contributed by atoms with Crippen LogP contribution >= 0.6 is 11.3 Å². The molecular formula is C24H18F8N4O3S. The summed E-state index contributed by atoms with van der Waals surface area (Å²) < 4.78 is 107. The Labute approximate surface area is 224 Å². The number of carbonyl (C=O) groups is 2. The summed E-state index contributed by atoms with van der Waals surface area (Å²) in [5.41, 5.74) is 0.820. The van der Waals surface area contributed by atoms with Gasteiger partial charge in [-0.1, -0.05) is 6.07 Å². The molecule has 3 aromatic rings. The van der Waals surface area contributed by atoms with Crippen LogP contribution in [0.3, 0.4) is 0 Å². The van der Waals surface area contributed by atoms with Crippen LogP contribution in [0.25, 0.3) is 10.1 Å². The van der Waals surface area contributed by atoms with E-state index in [0.29, 0.717) is 41.8 Å². The number of benzene rings is 2. The molecule has 1 heterocycles. The number of thiophene rings is 1. The Balaban J connectivity index is 2.03. The normalized spacial score (nSPS) is 13.0. The SMILES string of the molecule is NC(C(=O)Nc1c(C(=O)Nc2ccc(F)c(C(F)(F)F)c2)sc2cc(C(F)(F)F)ccc12)=C(F)C=NCCCO. The summed E-state index contributed by atoms with van der Waals surface area (Å²) in [6, 6.07) is 3.87. The predicted octanol–water partition coefficient (Wildman–Crippen LogP) is 5.86. The number of anilines is 2. The molecule has 214 valence electrons. The van der Waals surface area contributed by atoms with E-state index in [1.807, 2.05) is 0 Å². The molecule has 0 saturated heterocycles. The second-order valence-electron chi connectivity index (χ2n) is 7.99. The van der Waals surface area contributed by atoms with Crippen molar-refractivity contribution in [3.05, 3.63) is 69.7 Å². The molecule has 0 bridgehead atoms. The maximum atomic E-state index is 14.3.